The Morgan fingerprint density at radius 2 is 1.53 bits per heavy atom. The first-order valence-corrected chi connectivity index (χ1v) is 19.1. The van der Waals surface area contributed by atoms with E-state index in [1.807, 2.05) is 0 Å². The molecule has 0 saturated heterocycles. The Morgan fingerprint density at radius 1 is 0.868 bits per heavy atom. The van der Waals surface area contributed by atoms with Gasteiger partial charge in [-0.15, -0.1) is 0 Å². The monoisotopic (exact) mass is 754 g/mol. The van der Waals surface area contributed by atoms with Crippen LogP contribution in [0.25, 0.3) is 10.8 Å². The van der Waals surface area contributed by atoms with Crippen molar-refractivity contribution >= 4 is 51.8 Å². The van der Waals surface area contributed by atoms with Crippen LogP contribution in [-0.4, -0.2) is 94.3 Å². The van der Waals surface area contributed by atoms with Gasteiger partial charge in [0, 0.05) is 6.54 Å². The molecule has 2 amide bonds. The number of nitrogens with one attached hydrogen (secondary N) is 2. The summed E-state index contributed by atoms with van der Waals surface area (Å²) in [5.41, 5.74) is 25.1. The van der Waals surface area contributed by atoms with E-state index in [2.05, 4.69) is 73.8 Å². The van der Waals surface area contributed by atoms with Crippen molar-refractivity contribution in [3.05, 3.63) is 58.4 Å². The molecular weight excluding hydrogens is 696 g/mol. The minimum Gasteiger partial charge on any atom is -0.394 e. The van der Waals surface area contributed by atoms with E-state index < -0.39 is 18.1 Å². The van der Waals surface area contributed by atoms with E-state index in [1.165, 1.54) is 25.7 Å². The quantitative estimate of drug-likeness (QED) is 0.0354. The first kappa shape index (κ1) is 43.3. The number of hydrogen-bond donors (Lipinski definition) is 8. The highest BCUT2D eigenvalue weighted by molar-refractivity contribution is 6.31. The summed E-state index contributed by atoms with van der Waals surface area (Å²) in [5.74, 6) is -1.32. The van der Waals surface area contributed by atoms with E-state index in [4.69, 9.17) is 39.6 Å². The Labute approximate surface area is 318 Å². The molecule has 2 aromatic carbocycles. The minimum absolute atomic E-state index is 0.0660. The molecule has 0 unspecified atom stereocenters. The van der Waals surface area contributed by atoms with Crippen molar-refractivity contribution in [2.75, 3.05) is 50.8 Å². The second-order valence-electron chi connectivity index (χ2n) is 13.5. The number of hydrogen-bond acceptors (Lipinski definition) is 11. The molecule has 3 rings (SSSR count). The first-order chi connectivity index (χ1) is 25.5. The van der Waals surface area contributed by atoms with Crippen LogP contribution in [0.4, 0.5) is 11.6 Å². The van der Waals surface area contributed by atoms with Crippen molar-refractivity contribution in [3.8, 4) is 0 Å². The fourth-order valence-electron chi connectivity index (χ4n) is 6.10. The average molecular weight is 755 g/mol. The number of nitrogens with zero attached hydrogens (tertiary/aromatic N) is 4. The summed E-state index contributed by atoms with van der Waals surface area (Å²) < 4.78 is 0. The topological polar surface area (TPSA) is 244 Å². The second kappa shape index (κ2) is 23.6. The van der Waals surface area contributed by atoms with Crippen LogP contribution in [-0.2, 0) is 17.6 Å². The van der Waals surface area contributed by atoms with E-state index in [1.54, 1.807) is 0 Å². The highest BCUT2D eigenvalue weighted by Crippen LogP contribution is 2.21. The first-order valence-electron chi connectivity index (χ1n) is 18.8. The number of aromatic nitrogens is 2. The lowest BCUT2D eigenvalue weighted by molar-refractivity contribution is -0.120. The number of rotatable bonds is 25. The van der Waals surface area contributed by atoms with Crippen molar-refractivity contribution in [2.24, 2.45) is 16.5 Å². The fraction of sp³-hybridized carbons (Fsp3) is 0.553. The number of guanidine groups is 1. The van der Waals surface area contributed by atoms with Gasteiger partial charge >= 0.3 is 0 Å². The summed E-state index contributed by atoms with van der Waals surface area (Å²) in [6, 6.07) is 12.3. The van der Waals surface area contributed by atoms with Crippen LogP contribution in [0.2, 0.25) is 5.15 Å². The normalized spacial score (nSPS) is 13.0. The van der Waals surface area contributed by atoms with E-state index in [0.29, 0.717) is 32.4 Å². The number of halogens is 1. The third kappa shape index (κ3) is 15.8. The molecule has 14 nitrogen and oxygen atoms in total. The third-order valence-electron chi connectivity index (χ3n) is 9.14. The SMILES string of the molecule is CCCCCCN(CCCC[C@H](O)CO)CCCN[C@@H](CCc1ccc2cc(CCCN=C(N)NC(=O)c3nc(Cl)c(N)nc3N)ccc2c1)C(N)=O. The summed E-state index contributed by atoms with van der Waals surface area (Å²) in [7, 11) is 0. The lowest BCUT2D eigenvalue weighted by atomic mass is 9.99. The highest BCUT2D eigenvalue weighted by Gasteiger charge is 2.17. The number of aliphatic hydroxyl groups is 2. The van der Waals surface area contributed by atoms with Gasteiger partial charge < -0.3 is 43.4 Å². The molecule has 0 saturated carbocycles. The van der Waals surface area contributed by atoms with Gasteiger partial charge in [-0.05, 0) is 106 Å². The molecule has 1 aromatic heterocycles. The van der Waals surface area contributed by atoms with Crippen LogP contribution in [0.1, 0.15) is 92.7 Å². The standard InChI is InChI=1S/C38H59ClN10O4/c1-2-3-4-6-20-49(21-7-5-11-30(51)25-50)22-9-19-44-31(36(42)52)17-14-27-13-16-28-23-26(12-15-29(28)24-27)10-8-18-45-38(43)48-37(53)32-34(40)47-35(41)33(39)46-32/h12-13,15-16,23-24,30-31,44,50-51H,2-11,14,17-22,25H2,1H3,(H2,42,52)(H4,40,41,47)(H3,43,45,48,53)/t30-,31-/m0/s1. The summed E-state index contributed by atoms with van der Waals surface area (Å²) in [5, 5.41) is 26.6. The van der Waals surface area contributed by atoms with Gasteiger partial charge in [0.05, 0.1) is 18.8 Å². The largest absolute Gasteiger partial charge is 0.394 e. The van der Waals surface area contributed by atoms with E-state index >= 15 is 0 Å². The van der Waals surface area contributed by atoms with E-state index in [0.717, 1.165) is 73.6 Å². The Bertz CT molecular complexity index is 1630. The average Bonchev–Trinajstić information content (AvgIpc) is 3.13. The number of benzene rings is 2. The maximum Gasteiger partial charge on any atom is 0.280 e. The number of amides is 2. The minimum atomic E-state index is -0.680. The van der Waals surface area contributed by atoms with Gasteiger partial charge in [-0.2, -0.15) is 0 Å². The number of primary amides is 1. The molecule has 0 aliphatic carbocycles. The molecule has 53 heavy (non-hydrogen) atoms. The molecule has 3 aromatic rings. The lowest BCUT2D eigenvalue weighted by Crippen LogP contribution is -2.42. The molecule has 0 fully saturated rings. The summed E-state index contributed by atoms with van der Waals surface area (Å²) >= 11 is 5.85. The van der Waals surface area contributed by atoms with Crippen LogP contribution in [0.15, 0.2) is 41.4 Å². The zero-order valence-corrected chi connectivity index (χ0v) is 31.8. The summed E-state index contributed by atoms with van der Waals surface area (Å²) in [6.07, 6.45) is 10.4. The van der Waals surface area contributed by atoms with Gasteiger partial charge in [0.15, 0.2) is 28.4 Å². The molecule has 0 spiro atoms. The number of anilines is 2. The van der Waals surface area contributed by atoms with Gasteiger partial charge in [0.25, 0.3) is 5.91 Å². The Morgan fingerprint density at radius 3 is 2.19 bits per heavy atom. The molecule has 0 aliphatic heterocycles. The molecule has 0 radical (unpaired) electrons. The van der Waals surface area contributed by atoms with Crippen LogP contribution < -0.4 is 33.6 Å². The number of aliphatic hydroxyl groups excluding tert-OH is 2. The molecule has 292 valence electrons. The number of aryl methyl sites for hydroxylation is 2. The number of aliphatic imine (C=N–C) groups is 1. The number of unbranched alkanes of at least 4 members (excludes halogenated alkanes) is 4. The van der Waals surface area contributed by atoms with Gasteiger partial charge in [-0.3, -0.25) is 19.9 Å². The zero-order valence-electron chi connectivity index (χ0n) is 31.0. The maximum atomic E-state index is 12.4. The Hall–Kier alpha value is -4.08. The molecule has 12 N–H and O–H groups in total. The van der Waals surface area contributed by atoms with E-state index in [9.17, 15) is 14.7 Å². The van der Waals surface area contributed by atoms with Crippen molar-refractivity contribution in [2.45, 2.75) is 96.1 Å². The van der Waals surface area contributed by atoms with E-state index in [-0.39, 0.29) is 41.0 Å². The smallest absolute Gasteiger partial charge is 0.280 e. The molecular formula is C38H59ClN10O4. The van der Waals surface area contributed by atoms with Crippen LogP contribution in [0, 0.1) is 0 Å². The molecule has 0 aliphatic rings. The molecule has 1 heterocycles. The lowest BCUT2D eigenvalue weighted by Gasteiger charge is -2.23. The Balaban J connectivity index is 1.43. The van der Waals surface area contributed by atoms with Crippen molar-refractivity contribution < 1.29 is 19.8 Å². The predicted octanol–water partition coefficient (Wildman–Crippen LogP) is 3.30. The van der Waals surface area contributed by atoms with Crippen LogP contribution >= 0.6 is 11.6 Å². The zero-order chi connectivity index (χ0) is 38.6. The van der Waals surface area contributed by atoms with Gasteiger partial charge in [0.1, 0.15) is 0 Å². The number of nitrogen functional groups attached to an aromatic ring is 2. The number of carbonyl (C=O) groups is 2. The summed E-state index contributed by atoms with van der Waals surface area (Å²) in [6.45, 7) is 6.09. The molecule has 2 atom stereocenters. The highest BCUT2D eigenvalue weighted by atomic mass is 35.5. The number of carbonyl (C=O) groups excluding carboxylic acids is 2. The van der Waals surface area contributed by atoms with Crippen molar-refractivity contribution in [1.82, 2.24) is 25.5 Å². The molecule has 15 heteroatoms. The summed E-state index contributed by atoms with van der Waals surface area (Å²) in [4.78, 5) is 39.1. The third-order valence-corrected chi connectivity index (χ3v) is 9.42. The second-order valence-corrected chi connectivity index (χ2v) is 13.9. The van der Waals surface area contributed by atoms with Crippen molar-refractivity contribution in [1.29, 1.82) is 0 Å². The number of fused-ring (bicyclic) bond motifs is 1. The predicted molar refractivity (Wildman–Crippen MR) is 214 cm³/mol. The number of nitrogens with two attached hydrogens (primary N) is 4. The fourth-order valence-corrected chi connectivity index (χ4v) is 6.23. The van der Waals surface area contributed by atoms with Gasteiger partial charge in [0.2, 0.25) is 5.91 Å². The Kier molecular flexibility index (Phi) is 19.3. The van der Waals surface area contributed by atoms with Gasteiger partial charge in [-0.25, -0.2) is 9.97 Å². The van der Waals surface area contributed by atoms with Gasteiger partial charge in [-0.1, -0.05) is 74.2 Å². The maximum absolute atomic E-state index is 12.4. The van der Waals surface area contributed by atoms with Crippen LogP contribution in [0.5, 0.6) is 0 Å². The van der Waals surface area contributed by atoms with Crippen molar-refractivity contribution in [3.63, 3.8) is 0 Å². The van der Waals surface area contributed by atoms with Crippen LogP contribution in [0.3, 0.4) is 0 Å². The molecule has 0 bridgehead atoms.